The molecule has 4 heteroatoms. The van der Waals surface area contributed by atoms with E-state index in [1.807, 2.05) is 0 Å². The molecule has 0 heterocycles. The first-order chi connectivity index (χ1) is 15.3. The number of carboxylic acid groups (broad SMARTS) is 2. The minimum absolute atomic E-state index is 0.0659. The van der Waals surface area contributed by atoms with Crippen LogP contribution in [0.25, 0.3) is 21.5 Å². The molecule has 0 saturated heterocycles. The third-order valence-electron chi connectivity index (χ3n) is 6.56. The van der Waals surface area contributed by atoms with Crippen molar-refractivity contribution >= 4 is 33.5 Å². The summed E-state index contributed by atoms with van der Waals surface area (Å²) in [5.41, 5.74) is 4.03. The van der Waals surface area contributed by atoms with Crippen molar-refractivity contribution in [2.24, 2.45) is 5.92 Å². The topological polar surface area (TPSA) is 74.6 Å². The summed E-state index contributed by atoms with van der Waals surface area (Å²) in [5.74, 6) is -2.03. The molecule has 0 bridgehead atoms. The van der Waals surface area contributed by atoms with Gasteiger partial charge in [0.25, 0.3) is 0 Å². The Morgan fingerprint density at radius 1 is 0.938 bits per heavy atom. The molecule has 2 aliphatic rings. The second-order valence-corrected chi connectivity index (χ2v) is 8.88. The lowest BCUT2D eigenvalue weighted by Crippen LogP contribution is -2.16. The van der Waals surface area contributed by atoms with Crippen molar-refractivity contribution in [3.05, 3.63) is 83.0 Å². The predicted molar refractivity (Wildman–Crippen MR) is 128 cm³/mol. The number of benzene rings is 3. The summed E-state index contributed by atoms with van der Waals surface area (Å²) in [4.78, 5) is 21.2. The van der Waals surface area contributed by atoms with Gasteiger partial charge in [-0.1, -0.05) is 67.1 Å². The van der Waals surface area contributed by atoms with Crippen molar-refractivity contribution in [3.8, 4) is 0 Å². The van der Waals surface area contributed by atoms with Gasteiger partial charge < -0.3 is 10.2 Å². The molecule has 0 radical (unpaired) electrons. The molecule has 3 aromatic rings. The second kappa shape index (κ2) is 8.99. The molecule has 3 aromatic carbocycles. The molecule has 0 saturated carbocycles. The van der Waals surface area contributed by atoms with Crippen molar-refractivity contribution in [2.75, 3.05) is 0 Å². The van der Waals surface area contributed by atoms with E-state index in [2.05, 4.69) is 55.5 Å². The molecule has 2 aliphatic carbocycles. The van der Waals surface area contributed by atoms with Gasteiger partial charge in [-0.05, 0) is 77.3 Å². The van der Waals surface area contributed by atoms with E-state index in [0.29, 0.717) is 6.42 Å². The zero-order valence-corrected chi connectivity index (χ0v) is 18.5. The highest BCUT2D eigenvalue weighted by atomic mass is 16.4. The van der Waals surface area contributed by atoms with Crippen LogP contribution in [-0.2, 0) is 16.0 Å². The lowest BCUT2D eigenvalue weighted by Gasteiger charge is -2.24. The Morgan fingerprint density at radius 3 is 2.44 bits per heavy atom. The number of hydrogen-bond donors (Lipinski definition) is 2. The summed E-state index contributed by atoms with van der Waals surface area (Å²) >= 11 is 0. The minimum atomic E-state index is -1.08. The van der Waals surface area contributed by atoms with Gasteiger partial charge in [-0.25, -0.2) is 4.79 Å². The van der Waals surface area contributed by atoms with Crippen LogP contribution >= 0.6 is 0 Å². The largest absolute Gasteiger partial charge is 0.481 e. The molecule has 2 atom stereocenters. The average Bonchev–Trinajstić information content (AvgIpc) is 2.79. The fourth-order valence-electron chi connectivity index (χ4n) is 4.94. The number of carboxylic acids is 2. The maximum atomic E-state index is 10.6. The number of aryl methyl sites for hydroxylation is 1. The first-order valence-corrected chi connectivity index (χ1v) is 11.1. The summed E-state index contributed by atoms with van der Waals surface area (Å²) in [6.07, 6.45) is 7.09. The molecule has 164 valence electrons. The maximum Gasteiger partial charge on any atom is 0.335 e. The predicted octanol–water partition coefficient (Wildman–Crippen LogP) is 6.48. The summed E-state index contributed by atoms with van der Waals surface area (Å²) in [7, 11) is 0. The van der Waals surface area contributed by atoms with Crippen LogP contribution in [0.15, 0.2) is 71.8 Å². The Morgan fingerprint density at radius 2 is 1.69 bits per heavy atom. The summed E-state index contributed by atoms with van der Waals surface area (Å²) in [5, 5.41) is 23.0. The van der Waals surface area contributed by atoms with Crippen LogP contribution in [-0.4, -0.2) is 22.2 Å². The lowest BCUT2D eigenvalue weighted by atomic mass is 9.81. The molecule has 32 heavy (non-hydrogen) atoms. The Labute approximate surface area is 187 Å². The molecule has 0 spiro atoms. The first kappa shape index (κ1) is 21.8. The summed E-state index contributed by atoms with van der Waals surface area (Å²) in [6.45, 7) is 4.09. The van der Waals surface area contributed by atoms with E-state index in [1.165, 1.54) is 53.0 Å². The fourth-order valence-corrected chi connectivity index (χ4v) is 4.94. The van der Waals surface area contributed by atoms with Gasteiger partial charge in [-0.15, -0.1) is 0 Å². The van der Waals surface area contributed by atoms with Gasteiger partial charge in [0.05, 0.1) is 11.5 Å². The van der Waals surface area contributed by atoms with Gasteiger partial charge in [-0.2, -0.15) is 0 Å². The zero-order chi connectivity index (χ0) is 22.8. The fraction of sp³-hybridized carbons (Fsp3) is 0.286. The highest BCUT2D eigenvalue weighted by Crippen LogP contribution is 2.37. The van der Waals surface area contributed by atoms with Crippen LogP contribution in [0.5, 0.6) is 0 Å². The molecule has 5 rings (SSSR count). The Kier molecular flexibility index (Phi) is 6.13. The van der Waals surface area contributed by atoms with Crippen LogP contribution in [0.2, 0.25) is 0 Å². The van der Waals surface area contributed by atoms with E-state index in [0.717, 1.165) is 11.5 Å². The van der Waals surface area contributed by atoms with E-state index >= 15 is 0 Å². The van der Waals surface area contributed by atoms with Crippen LogP contribution in [0, 0.1) is 5.92 Å². The van der Waals surface area contributed by atoms with Crippen LogP contribution < -0.4 is 0 Å². The van der Waals surface area contributed by atoms with Crippen LogP contribution in [0.3, 0.4) is 0 Å². The quantitative estimate of drug-likeness (QED) is 0.458. The van der Waals surface area contributed by atoms with Gasteiger partial charge >= 0.3 is 11.9 Å². The van der Waals surface area contributed by atoms with E-state index in [1.54, 1.807) is 18.1 Å². The van der Waals surface area contributed by atoms with Gasteiger partial charge in [0.1, 0.15) is 0 Å². The van der Waals surface area contributed by atoms with Gasteiger partial charge in [0, 0.05) is 0 Å². The van der Waals surface area contributed by atoms with Crippen molar-refractivity contribution < 1.29 is 19.8 Å². The van der Waals surface area contributed by atoms with E-state index in [4.69, 9.17) is 10.2 Å². The molecule has 0 amide bonds. The molecule has 0 aromatic heterocycles. The number of carbonyl (C=O) groups is 2. The third kappa shape index (κ3) is 4.31. The third-order valence-corrected chi connectivity index (χ3v) is 6.56. The van der Waals surface area contributed by atoms with Crippen molar-refractivity contribution in [3.63, 3.8) is 0 Å². The summed E-state index contributed by atoms with van der Waals surface area (Å²) < 4.78 is 0. The van der Waals surface area contributed by atoms with Crippen LogP contribution in [0.4, 0.5) is 0 Å². The van der Waals surface area contributed by atoms with Crippen molar-refractivity contribution in [1.82, 2.24) is 0 Å². The number of rotatable bonds is 2. The number of aliphatic carboxylic acids is 2. The van der Waals surface area contributed by atoms with Crippen molar-refractivity contribution in [2.45, 2.75) is 45.4 Å². The van der Waals surface area contributed by atoms with Gasteiger partial charge in [-0.3, -0.25) is 4.79 Å². The monoisotopic (exact) mass is 428 g/mol. The SMILES string of the molecule is CC1=CC(C(=O)O)=CC(C(=O)O)C1.CC1CCCc2c1ccc1c2ccc2ccccc21. The number of hydrogen-bond acceptors (Lipinski definition) is 2. The summed E-state index contributed by atoms with van der Waals surface area (Å²) in [6, 6.07) is 18.0. The molecular weight excluding hydrogens is 400 g/mol. The van der Waals surface area contributed by atoms with E-state index in [9.17, 15) is 9.59 Å². The van der Waals surface area contributed by atoms with E-state index < -0.39 is 17.9 Å². The number of allylic oxidation sites excluding steroid dienone is 1. The highest BCUT2D eigenvalue weighted by Gasteiger charge is 2.22. The lowest BCUT2D eigenvalue weighted by molar-refractivity contribution is -0.140. The smallest absolute Gasteiger partial charge is 0.335 e. The molecule has 2 unspecified atom stereocenters. The Balaban J connectivity index is 0.000000166. The van der Waals surface area contributed by atoms with Gasteiger partial charge in [0.15, 0.2) is 0 Å². The Bertz CT molecular complexity index is 1270. The minimum Gasteiger partial charge on any atom is -0.481 e. The molecule has 0 aliphatic heterocycles. The number of fused-ring (bicyclic) bond motifs is 5. The second-order valence-electron chi connectivity index (χ2n) is 8.88. The molecular formula is C28H28O4. The molecule has 4 nitrogen and oxygen atoms in total. The van der Waals surface area contributed by atoms with Crippen LogP contribution in [0.1, 0.15) is 50.2 Å². The Hall–Kier alpha value is -3.40. The normalized spacial score (nSPS) is 19.9. The zero-order valence-electron chi connectivity index (χ0n) is 18.5. The first-order valence-electron chi connectivity index (χ1n) is 11.1. The standard InChI is InChI=1S/C19H18.C9H10O4/c1-13-5-4-8-17-15(13)11-12-18-16-7-3-2-6-14(16)9-10-19(17)18;1-5-2-6(8(10)11)4-7(3-5)9(12)13/h2-3,6-7,9-13H,4-5,8H2,1H3;2,4,7H,3H2,1H3,(H,10,11)(H,12,13). The van der Waals surface area contributed by atoms with Gasteiger partial charge in [0.2, 0.25) is 0 Å². The molecule has 0 fully saturated rings. The highest BCUT2D eigenvalue weighted by molar-refractivity contribution is 6.08. The van der Waals surface area contributed by atoms with Crippen molar-refractivity contribution in [1.29, 1.82) is 0 Å². The maximum absolute atomic E-state index is 10.6. The van der Waals surface area contributed by atoms with E-state index in [-0.39, 0.29) is 5.57 Å². The average molecular weight is 429 g/mol. The molecule has 2 N–H and O–H groups in total.